The molecular weight excluding hydrogens is 522 g/mol. The molecule has 43 heavy (non-hydrogen) atoms. The number of rotatable bonds is 11. The highest BCUT2D eigenvalue weighted by atomic mass is 15.3. The van der Waals surface area contributed by atoms with Crippen LogP contribution in [0.1, 0.15) is 12.0 Å². The van der Waals surface area contributed by atoms with Crippen LogP contribution in [0.3, 0.4) is 0 Å². The van der Waals surface area contributed by atoms with E-state index in [1.54, 1.807) is 6.08 Å². The fourth-order valence-corrected chi connectivity index (χ4v) is 5.08. The highest BCUT2D eigenvalue weighted by Crippen LogP contribution is 2.26. The van der Waals surface area contributed by atoms with E-state index in [1.165, 1.54) is 22.4 Å². The van der Waals surface area contributed by atoms with Gasteiger partial charge in [0.1, 0.15) is 0 Å². The summed E-state index contributed by atoms with van der Waals surface area (Å²) in [6, 6.07) is 27.9. The molecule has 0 amide bonds. The third-order valence-electron chi connectivity index (χ3n) is 7.42. The third-order valence-corrected chi connectivity index (χ3v) is 7.42. The zero-order valence-corrected chi connectivity index (χ0v) is 25.3. The first-order chi connectivity index (χ1) is 21.1. The highest BCUT2D eigenvalue weighted by molar-refractivity contribution is 5.67. The average molecular weight is 566 g/mol. The lowest BCUT2D eigenvalue weighted by molar-refractivity contribution is 0.632. The van der Waals surface area contributed by atoms with Crippen molar-refractivity contribution in [1.82, 2.24) is 5.32 Å². The van der Waals surface area contributed by atoms with E-state index in [-0.39, 0.29) is 0 Å². The van der Waals surface area contributed by atoms with E-state index in [0.29, 0.717) is 5.92 Å². The molecule has 0 aromatic heterocycles. The van der Waals surface area contributed by atoms with Gasteiger partial charge in [0.05, 0.1) is 18.1 Å². The van der Waals surface area contributed by atoms with Crippen LogP contribution in [0.4, 0.5) is 11.4 Å². The van der Waals surface area contributed by atoms with Gasteiger partial charge >= 0.3 is 0 Å². The second-order valence-corrected chi connectivity index (χ2v) is 10.5. The van der Waals surface area contributed by atoms with Crippen molar-refractivity contribution in [2.24, 2.45) is 5.92 Å². The molecule has 1 N–H and O–H groups in total. The Balaban J connectivity index is 0.000000237. The number of allylic oxidation sites excluding steroid dienone is 9. The van der Waals surface area contributed by atoms with Crippen LogP contribution in [0.2, 0.25) is 0 Å². The van der Waals surface area contributed by atoms with Crippen molar-refractivity contribution in [3.8, 4) is 11.1 Å². The van der Waals surface area contributed by atoms with Crippen molar-refractivity contribution in [1.29, 1.82) is 0 Å². The Hall–Kier alpha value is -5.02. The van der Waals surface area contributed by atoms with Crippen molar-refractivity contribution in [3.05, 3.63) is 182 Å². The number of nitrogens with zero attached hydrogens (tertiary/aromatic N) is 2. The molecule has 1 atom stereocenters. The van der Waals surface area contributed by atoms with E-state index in [2.05, 4.69) is 139 Å². The van der Waals surface area contributed by atoms with Gasteiger partial charge in [-0.3, -0.25) is 0 Å². The fourth-order valence-electron chi connectivity index (χ4n) is 5.08. The maximum Gasteiger partial charge on any atom is 0.0926 e. The second-order valence-electron chi connectivity index (χ2n) is 10.5. The fraction of sp³-hybridized carbons (Fsp3) is 0.150. The summed E-state index contributed by atoms with van der Waals surface area (Å²) < 4.78 is 0. The molecule has 1 unspecified atom stereocenters. The summed E-state index contributed by atoms with van der Waals surface area (Å²) in [5.41, 5.74) is 8.35. The molecule has 218 valence electrons. The van der Waals surface area contributed by atoms with Gasteiger partial charge in [-0.05, 0) is 66.8 Å². The van der Waals surface area contributed by atoms with E-state index in [1.807, 2.05) is 42.5 Å². The molecule has 3 heteroatoms. The molecule has 0 spiro atoms. The quantitative estimate of drug-likeness (QED) is 0.234. The van der Waals surface area contributed by atoms with Crippen molar-refractivity contribution in [3.63, 3.8) is 0 Å². The van der Waals surface area contributed by atoms with Crippen LogP contribution in [-0.4, -0.2) is 19.8 Å². The Labute approximate surface area is 258 Å². The lowest BCUT2D eigenvalue weighted by atomic mass is 9.99. The smallest absolute Gasteiger partial charge is 0.0926 e. The predicted molar refractivity (Wildman–Crippen MR) is 188 cm³/mol. The first-order valence-corrected chi connectivity index (χ1v) is 14.9. The minimum atomic E-state index is 0.555. The first kappa shape index (κ1) is 30.9. The number of para-hydroxylation sites is 1. The molecule has 3 aromatic rings. The summed E-state index contributed by atoms with van der Waals surface area (Å²) in [4.78, 5) is 4.62. The topological polar surface area (TPSA) is 18.5 Å². The minimum absolute atomic E-state index is 0.555. The van der Waals surface area contributed by atoms with Crippen molar-refractivity contribution in [2.45, 2.75) is 13.3 Å². The molecule has 1 heterocycles. The van der Waals surface area contributed by atoms with Crippen LogP contribution in [0.15, 0.2) is 177 Å². The van der Waals surface area contributed by atoms with Gasteiger partial charge in [-0.2, -0.15) is 0 Å². The normalized spacial score (nSPS) is 15.7. The first-order valence-electron chi connectivity index (χ1n) is 14.9. The van der Waals surface area contributed by atoms with Gasteiger partial charge in [-0.1, -0.05) is 135 Å². The third kappa shape index (κ3) is 8.98. The Morgan fingerprint density at radius 3 is 2.19 bits per heavy atom. The maximum atomic E-state index is 3.83. The van der Waals surface area contributed by atoms with E-state index in [9.17, 15) is 0 Å². The van der Waals surface area contributed by atoms with Gasteiger partial charge in [0.15, 0.2) is 0 Å². The molecule has 1 aliphatic heterocycles. The summed E-state index contributed by atoms with van der Waals surface area (Å²) in [5, 5.41) is 3.27. The van der Waals surface area contributed by atoms with E-state index in [0.717, 1.165) is 43.3 Å². The maximum absolute atomic E-state index is 3.83. The lowest BCUT2D eigenvalue weighted by Crippen LogP contribution is -2.29. The molecule has 2 aliphatic rings. The second kappa shape index (κ2) is 16.4. The molecule has 3 nitrogen and oxygen atoms in total. The number of aryl methyl sites for hydroxylation is 1. The Morgan fingerprint density at radius 1 is 0.837 bits per heavy atom. The number of hydrogen-bond acceptors (Lipinski definition) is 3. The predicted octanol–water partition coefficient (Wildman–Crippen LogP) is 9.54. The van der Waals surface area contributed by atoms with Gasteiger partial charge < -0.3 is 15.1 Å². The lowest BCUT2D eigenvalue weighted by Gasteiger charge is -2.28. The van der Waals surface area contributed by atoms with Crippen LogP contribution in [0, 0.1) is 12.8 Å². The largest absolute Gasteiger partial charge is 0.367 e. The summed E-state index contributed by atoms with van der Waals surface area (Å²) in [5.74, 6) is 0.555. The molecule has 5 rings (SSSR count). The van der Waals surface area contributed by atoms with Crippen LogP contribution in [-0.2, 0) is 0 Å². The van der Waals surface area contributed by atoms with Crippen LogP contribution in [0.5, 0.6) is 0 Å². The number of hydrogen-bond donors (Lipinski definition) is 1. The molecule has 0 radical (unpaired) electrons. The molecule has 0 saturated heterocycles. The molecule has 1 aliphatic carbocycles. The zero-order chi connectivity index (χ0) is 30.3. The Kier molecular flexibility index (Phi) is 11.8. The molecule has 0 bridgehead atoms. The number of nitrogens with one attached hydrogen (secondary N) is 1. The van der Waals surface area contributed by atoms with Crippen LogP contribution < -0.4 is 15.1 Å². The van der Waals surface area contributed by atoms with E-state index >= 15 is 0 Å². The van der Waals surface area contributed by atoms with Gasteiger partial charge in [-0.15, -0.1) is 0 Å². The molecule has 0 saturated carbocycles. The number of benzene rings is 3. The van der Waals surface area contributed by atoms with Gasteiger partial charge in [0.25, 0.3) is 0 Å². The Morgan fingerprint density at radius 2 is 1.56 bits per heavy atom. The van der Waals surface area contributed by atoms with Crippen LogP contribution in [0.25, 0.3) is 11.1 Å². The minimum Gasteiger partial charge on any atom is -0.367 e. The highest BCUT2D eigenvalue weighted by Gasteiger charge is 2.18. The standard InChI is InChI=1S/C27H29N.C13H14N2/c1-3-4-5-6-10-21-28(22-24-11-8-7-9-12-24)27-19-17-26(18-20-27)25-15-13-23(2)14-16-25;1-3-12-13(4-2)15(10-14-12)11-8-6-5-7-9-11/h3-11,13-20,24H,1,12,21-22H2,2H3;3-9,14H,1-2,10H2/b5-4-,10-6-;. The monoisotopic (exact) mass is 565 g/mol. The summed E-state index contributed by atoms with van der Waals surface area (Å²) >= 11 is 0. The summed E-state index contributed by atoms with van der Waals surface area (Å²) in [6.45, 7) is 16.1. The van der Waals surface area contributed by atoms with E-state index in [4.69, 9.17) is 0 Å². The van der Waals surface area contributed by atoms with Gasteiger partial charge in [0, 0.05) is 24.5 Å². The van der Waals surface area contributed by atoms with E-state index < -0.39 is 0 Å². The van der Waals surface area contributed by atoms with Gasteiger partial charge in [-0.25, -0.2) is 0 Å². The summed E-state index contributed by atoms with van der Waals surface area (Å²) in [6.07, 6.45) is 23.7. The van der Waals surface area contributed by atoms with Crippen molar-refractivity contribution in [2.75, 3.05) is 29.6 Å². The van der Waals surface area contributed by atoms with Crippen LogP contribution >= 0.6 is 0 Å². The number of anilines is 2. The average Bonchev–Trinajstić information content (AvgIpc) is 3.49. The summed E-state index contributed by atoms with van der Waals surface area (Å²) in [7, 11) is 0. The molecule has 0 fully saturated rings. The Bertz CT molecular complexity index is 1490. The molecular formula is C40H43N3. The molecule has 3 aromatic carbocycles. The van der Waals surface area contributed by atoms with Crippen molar-refractivity contribution >= 4 is 11.4 Å². The SMILES string of the molecule is C=C/C=C\C=C/CN(CC1C=CC=CC1)c1ccc(-c2ccc(C)cc2)cc1.C=CC1=C(C=C)N(c2ccccc2)CN1. The van der Waals surface area contributed by atoms with Gasteiger partial charge in [0.2, 0.25) is 0 Å². The van der Waals surface area contributed by atoms with Crippen molar-refractivity contribution < 1.29 is 0 Å². The zero-order valence-electron chi connectivity index (χ0n) is 25.3.